The molecule has 0 radical (unpaired) electrons. The average molecular weight is 319 g/mol. The predicted molar refractivity (Wildman–Crippen MR) is 90.1 cm³/mol. The van der Waals surface area contributed by atoms with E-state index in [1.165, 1.54) is 12.4 Å². The van der Waals surface area contributed by atoms with Crippen molar-refractivity contribution in [1.29, 1.82) is 0 Å². The Hall–Kier alpha value is -3.15. The third-order valence-corrected chi connectivity index (χ3v) is 3.60. The van der Waals surface area contributed by atoms with E-state index >= 15 is 0 Å². The van der Waals surface area contributed by atoms with E-state index in [1.54, 1.807) is 12.4 Å². The highest BCUT2D eigenvalue weighted by molar-refractivity contribution is 5.93. The Kier molecular flexibility index (Phi) is 4.56. The Bertz CT molecular complexity index is 847. The number of nitrogens with zero attached hydrogens (tertiary/aromatic N) is 4. The summed E-state index contributed by atoms with van der Waals surface area (Å²) in [6.07, 6.45) is 6.47. The third kappa shape index (κ3) is 3.60. The second kappa shape index (κ2) is 6.95. The normalized spacial score (nSPS) is 10.4. The molecule has 0 saturated carbocycles. The summed E-state index contributed by atoms with van der Waals surface area (Å²) >= 11 is 0. The van der Waals surface area contributed by atoms with Crippen molar-refractivity contribution in [2.24, 2.45) is 0 Å². The smallest absolute Gasteiger partial charge is 0.254 e. The number of aryl methyl sites for hydroxylation is 2. The number of nitrogens with one attached hydrogen (secondary N) is 1. The average Bonchev–Trinajstić information content (AvgIpc) is 2.62. The summed E-state index contributed by atoms with van der Waals surface area (Å²) in [7, 11) is 0. The molecule has 24 heavy (non-hydrogen) atoms. The number of amides is 1. The summed E-state index contributed by atoms with van der Waals surface area (Å²) < 4.78 is 0. The maximum absolute atomic E-state index is 12.2. The highest BCUT2D eigenvalue weighted by atomic mass is 16.1. The van der Waals surface area contributed by atoms with Crippen molar-refractivity contribution >= 4 is 5.91 Å². The molecular formula is C18H17N5O. The van der Waals surface area contributed by atoms with Gasteiger partial charge < -0.3 is 5.32 Å². The molecule has 0 unspecified atom stereocenters. The molecule has 3 aromatic heterocycles. The minimum atomic E-state index is -0.220. The molecule has 1 N–H and O–H groups in total. The number of hydrogen-bond donors (Lipinski definition) is 1. The highest BCUT2D eigenvalue weighted by Crippen LogP contribution is 2.11. The van der Waals surface area contributed by atoms with Gasteiger partial charge in [0.1, 0.15) is 5.69 Å². The van der Waals surface area contributed by atoms with Crippen molar-refractivity contribution in [2.45, 2.75) is 20.4 Å². The van der Waals surface area contributed by atoms with Crippen LogP contribution in [0.15, 0.2) is 49.1 Å². The fraction of sp³-hybridized carbons (Fsp3) is 0.167. The maximum Gasteiger partial charge on any atom is 0.254 e. The van der Waals surface area contributed by atoms with Gasteiger partial charge in [-0.2, -0.15) is 0 Å². The van der Waals surface area contributed by atoms with Crippen molar-refractivity contribution in [2.75, 3.05) is 0 Å². The van der Waals surface area contributed by atoms with Gasteiger partial charge in [-0.25, -0.2) is 9.97 Å². The Morgan fingerprint density at radius 1 is 1.04 bits per heavy atom. The van der Waals surface area contributed by atoms with Crippen LogP contribution in [-0.4, -0.2) is 25.8 Å². The van der Waals surface area contributed by atoms with E-state index in [-0.39, 0.29) is 5.91 Å². The van der Waals surface area contributed by atoms with Crippen LogP contribution >= 0.6 is 0 Å². The summed E-state index contributed by atoms with van der Waals surface area (Å²) in [5.41, 5.74) is 4.13. The topological polar surface area (TPSA) is 80.7 Å². The molecule has 1 amide bonds. The first-order chi connectivity index (χ1) is 11.6. The highest BCUT2D eigenvalue weighted by Gasteiger charge is 2.09. The molecule has 0 aliphatic rings. The summed E-state index contributed by atoms with van der Waals surface area (Å²) in [5.74, 6) is 0.272. The molecule has 0 atom stereocenters. The molecule has 0 saturated heterocycles. The lowest BCUT2D eigenvalue weighted by Gasteiger charge is -2.08. The van der Waals surface area contributed by atoms with E-state index < -0.39 is 0 Å². The van der Waals surface area contributed by atoms with Crippen LogP contribution in [0.5, 0.6) is 0 Å². The minimum Gasteiger partial charge on any atom is -0.348 e. The summed E-state index contributed by atoms with van der Waals surface area (Å²) in [4.78, 5) is 29.1. The van der Waals surface area contributed by atoms with Gasteiger partial charge in [0.05, 0.1) is 5.56 Å². The first-order valence-electron chi connectivity index (χ1n) is 7.57. The van der Waals surface area contributed by atoms with Crippen molar-refractivity contribution in [1.82, 2.24) is 25.3 Å². The van der Waals surface area contributed by atoms with Crippen LogP contribution in [0.1, 0.15) is 27.2 Å². The van der Waals surface area contributed by atoms with Crippen LogP contribution in [0.2, 0.25) is 0 Å². The van der Waals surface area contributed by atoms with E-state index in [0.717, 1.165) is 16.8 Å². The Morgan fingerprint density at radius 2 is 1.83 bits per heavy atom. The van der Waals surface area contributed by atoms with E-state index in [1.807, 2.05) is 38.1 Å². The molecule has 3 aromatic rings. The minimum absolute atomic E-state index is 0.220. The quantitative estimate of drug-likeness (QED) is 0.799. The second-order valence-corrected chi connectivity index (χ2v) is 5.45. The van der Waals surface area contributed by atoms with Gasteiger partial charge in [-0.05, 0) is 43.2 Å². The molecule has 0 bridgehead atoms. The first-order valence-corrected chi connectivity index (χ1v) is 7.57. The summed E-state index contributed by atoms with van der Waals surface area (Å²) in [5, 5.41) is 2.86. The largest absolute Gasteiger partial charge is 0.348 e. The lowest BCUT2D eigenvalue weighted by atomic mass is 10.1. The van der Waals surface area contributed by atoms with Gasteiger partial charge >= 0.3 is 0 Å². The van der Waals surface area contributed by atoms with Gasteiger partial charge in [0, 0.05) is 37.0 Å². The molecule has 0 spiro atoms. The monoisotopic (exact) mass is 319 g/mol. The second-order valence-electron chi connectivity index (χ2n) is 5.45. The Labute approximate surface area is 140 Å². The summed E-state index contributed by atoms with van der Waals surface area (Å²) in [6.45, 7) is 4.36. The SMILES string of the molecule is Cc1cc(C)c(CNC(=O)c2cnc(-c3ccccn3)nc2)cn1. The van der Waals surface area contributed by atoms with Crippen molar-refractivity contribution in [3.05, 3.63) is 71.4 Å². The lowest BCUT2D eigenvalue weighted by molar-refractivity contribution is 0.0950. The molecule has 6 heteroatoms. The fourth-order valence-corrected chi connectivity index (χ4v) is 2.26. The van der Waals surface area contributed by atoms with E-state index in [9.17, 15) is 4.79 Å². The molecule has 0 fully saturated rings. The van der Waals surface area contributed by atoms with Gasteiger partial charge in [0.15, 0.2) is 5.82 Å². The number of hydrogen-bond acceptors (Lipinski definition) is 5. The molecule has 0 aliphatic heterocycles. The van der Waals surface area contributed by atoms with Crippen molar-refractivity contribution in [3.8, 4) is 11.5 Å². The molecule has 120 valence electrons. The zero-order valence-corrected chi connectivity index (χ0v) is 13.5. The van der Waals surface area contributed by atoms with Gasteiger partial charge in [-0.1, -0.05) is 6.07 Å². The Balaban J connectivity index is 1.67. The van der Waals surface area contributed by atoms with Crippen LogP contribution in [-0.2, 0) is 6.54 Å². The summed E-state index contributed by atoms with van der Waals surface area (Å²) in [6, 6.07) is 7.51. The zero-order chi connectivity index (χ0) is 16.9. The van der Waals surface area contributed by atoms with Gasteiger partial charge in [0.25, 0.3) is 5.91 Å². The molecular weight excluding hydrogens is 302 g/mol. The van der Waals surface area contributed by atoms with E-state index in [4.69, 9.17) is 0 Å². The van der Waals surface area contributed by atoms with Gasteiger partial charge in [-0.3, -0.25) is 14.8 Å². The van der Waals surface area contributed by atoms with E-state index in [2.05, 4.69) is 25.3 Å². The van der Waals surface area contributed by atoms with Gasteiger partial charge in [0.2, 0.25) is 0 Å². The molecule has 0 aromatic carbocycles. The maximum atomic E-state index is 12.2. The molecule has 3 rings (SSSR count). The van der Waals surface area contributed by atoms with Crippen LogP contribution in [0.3, 0.4) is 0 Å². The van der Waals surface area contributed by atoms with Crippen LogP contribution in [0.25, 0.3) is 11.5 Å². The van der Waals surface area contributed by atoms with Crippen LogP contribution in [0, 0.1) is 13.8 Å². The lowest BCUT2D eigenvalue weighted by Crippen LogP contribution is -2.23. The van der Waals surface area contributed by atoms with Crippen molar-refractivity contribution < 1.29 is 4.79 Å². The van der Waals surface area contributed by atoms with Gasteiger partial charge in [-0.15, -0.1) is 0 Å². The number of carbonyl (C=O) groups is 1. The first kappa shape index (κ1) is 15.7. The Morgan fingerprint density at radius 3 is 2.50 bits per heavy atom. The van der Waals surface area contributed by atoms with Crippen molar-refractivity contribution in [3.63, 3.8) is 0 Å². The number of aromatic nitrogens is 4. The molecule has 0 aliphatic carbocycles. The van der Waals surface area contributed by atoms with Crippen LogP contribution < -0.4 is 5.32 Å². The zero-order valence-electron chi connectivity index (χ0n) is 13.5. The molecule has 6 nitrogen and oxygen atoms in total. The fourth-order valence-electron chi connectivity index (χ4n) is 2.26. The molecule has 3 heterocycles. The number of pyridine rings is 2. The predicted octanol–water partition coefficient (Wildman–Crippen LogP) is 2.48. The van der Waals surface area contributed by atoms with E-state index in [0.29, 0.717) is 23.6 Å². The number of carbonyl (C=O) groups excluding carboxylic acids is 1. The standard InChI is InChI=1S/C18H17N5O/c1-12-7-13(2)20-8-14(12)9-23-18(24)15-10-21-17(22-11-15)16-5-3-4-6-19-16/h3-8,10-11H,9H2,1-2H3,(H,23,24). The third-order valence-electron chi connectivity index (χ3n) is 3.60. The van der Waals surface area contributed by atoms with Crippen LogP contribution in [0.4, 0.5) is 0 Å². The number of rotatable bonds is 4.